The van der Waals surface area contributed by atoms with E-state index in [1.165, 1.54) is 27.1 Å². The summed E-state index contributed by atoms with van der Waals surface area (Å²) >= 11 is 0. The summed E-state index contributed by atoms with van der Waals surface area (Å²) in [6, 6.07) is 6.17. The van der Waals surface area contributed by atoms with E-state index in [1.54, 1.807) is 38.1 Å². The van der Waals surface area contributed by atoms with Crippen molar-refractivity contribution < 1.29 is 14.3 Å². The standard InChI is InChI=1S/C21H26N4O5/c1-6-30-20(27)14(4)24-12-22-18-17(24)19(26)23(11-13(2)3)21(28)25(18)15-8-7-9-16(10-15)29-5/h7-10,12-14H,6,11H2,1-5H3/t14-/m0/s1. The number of carbonyl (C=O) groups is 1. The summed E-state index contributed by atoms with van der Waals surface area (Å²) in [5.41, 5.74) is -0.135. The fraction of sp³-hybridized carbons (Fsp3) is 0.429. The predicted octanol–water partition coefficient (Wildman–Crippen LogP) is 2.14. The van der Waals surface area contributed by atoms with Crippen LogP contribution in [0, 0.1) is 5.92 Å². The highest BCUT2D eigenvalue weighted by Gasteiger charge is 2.25. The molecule has 0 aliphatic heterocycles. The van der Waals surface area contributed by atoms with Crippen LogP contribution in [0.4, 0.5) is 0 Å². The van der Waals surface area contributed by atoms with E-state index in [4.69, 9.17) is 9.47 Å². The van der Waals surface area contributed by atoms with Gasteiger partial charge in [-0.15, -0.1) is 0 Å². The van der Waals surface area contributed by atoms with E-state index in [2.05, 4.69) is 4.98 Å². The number of fused-ring (bicyclic) bond motifs is 1. The Morgan fingerprint density at radius 2 is 1.93 bits per heavy atom. The number of benzene rings is 1. The van der Waals surface area contributed by atoms with Crippen LogP contribution < -0.4 is 16.0 Å². The number of esters is 1. The van der Waals surface area contributed by atoms with E-state index >= 15 is 0 Å². The van der Waals surface area contributed by atoms with Gasteiger partial charge < -0.3 is 14.0 Å². The second-order valence-corrected chi connectivity index (χ2v) is 7.38. The van der Waals surface area contributed by atoms with Gasteiger partial charge in [-0.05, 0) is 31.9 Å². The van der Waals surface area contributed by atoms with Crippen LogP contribution >= 0.6 is 0 Å². The van der Waals surface area contributed by atoms with Gasteiger partial charge in [-0.3, -0.25) is 9.36 Å². The Morgan fingerprint density at radius 1 is 1.20 bits per heavy atom. The molecule has 160 valence electrons. The molecule has 0 spiro atoms. The second-order valence-electron chi connectivity index (χ2n) is 7.38. The van der Waals surface area contributed by atoms with Crippen LogP contribution in [0.5, 0.6) is 5.75 Å². The maximum absolute atomic E-state index is 13.3. The number of methoxy groups -OCH3 is 1. The van der Waals surface area contributed by atoms with Crippen molar-refractivity contribution in [3.8, 4) is 11.4 Å². The number of imidazole rings is 1. The summed E-state index contributed by atoms with van der Waals surface area (Å²) in [6.45, 7) is 7.65. The summed E-state index contributed by atoms with van der Waals surface area (Å²) in [5.74, 6) is 0.143. The van der Waals surface area contributed by atoms with Gasteiger partial charge in [-0.2, -0.15) is 0 Å². The first-order chi connectivity index (χ1) is 14.3. The van der Waals surface area contributed by atoms with E-state index in [-0.39, 0.29) is 30.2 Å². The molecular weight excluding hydrogens is 388 g/mol. The van der Waals surface area contributed by atoms with Gasteiger partial charge in [0.1, 0.15) is 11.8 Å². The molecule has 0 saturated carbocycles. The van der Waals surface area contributed by atoms with Crippen molar-refractivity contribution in [2.75, 3.05) is 13.7 Å². The van der Waals surface area contributed by atoms with Crippen LogP contribution in [0.15, 0.2) is 40.2 Å². The van der Waals surface area contributed by atoms with Crippen LogP contribution in [0.1, 0.15) is 33.7 Å². The van der Waals surface area contributed by atoms with Gasteiger partial charge in [0.05, 0.1) is 25.7 Å². The average Bonchev–Trinajstić information content (AvgIpc) is 3.15. The van der Waals surface area contributed by atoms with Gasteiger partial charge in [0.15, 0.2) is 11.2 Å². The normalized spacial score (nSPS) is 12.3. The van der Waals surface area contributed by atoms with Crippen molar-refractivity contribution in [3.05, 3.63) is 51.4 Å². The Morgan fingerprint density at radius 3 is 2.57 bits per heavy atom. The Kier molecular flexibility index (Phi) is 6.09. The van der Waals surface area contributed by atoms with E-state index in [9.17, 15) is 14.4 Å². The number of hydrogen-bond acceptors (Lipinski definition) is 6. The second kappa shape index (κ2) is 8.56. The fourth-order valence-corrected chi connectivity index (χ4v) is 3.33. The molecule has 2 aromatic heterocycles. The van der Waals surface area contributed by atoms with E-state index < -0.39 is 23.3 Å². The lowest BCUT2D eigenvalue weighted by atomic mass is 10.2. The summed E-state index contributed by atoms with van der Waals surface area (Å²) in [6.07, 6.45) is 1.39. The molecule has 0 N–H and O–H groups in total. The largest absolute Gasteiger partial charge is 0.497 e. The van der Waals surface area contributed by atoms with Crippen molar-refractivity contribution in [2.24, 2.45) is 5.92 Å². The Labute approximate surface area is 173 Å². The topological polar surface area (TPSA) is 97.4 Å². The Balaban J connectivity index is 2.37. The van der Waals surface area contributed by atoms with Crippen LogP contribution in [-0.4, -0.2) is 38.4 Å². The SMILES string of the molecule is CCOC(=O)[C@H](C)n1cnc2c1c(=O)n(CC(C)C)c(=O)n2-c1cccc(OC)c1. The highest BCUT2D eigenvalue weighted by atomic mass is 16.5. The molecule has 9 nitrogen and oxygen atoms in total. The Bertz CT molecular complexity index is 1190. The van der Waals surface area contributed by atoms with Crippen molar-refractivity contribution in [1.82, 2.24) is 18.7 Å². The molecule has 0 amide bonds. The molecule has 0 unspecified atom stereocenters. The molecule has 0 radical (unpaired) electrons. The summed E-state index contributed by atoms with van der Waals surface area (Å²) in [5, 5.41) is 0. The van der Waals surface area contributed by atoms with Crippen molar-refractivity contribution >= 4 is 17.1 Å². The first-order valence-electron chi connectivity index (χ1n) is 9.83. The molecule has 9 heteroatoms. The maximum Gasteiger partial charge on any atom is 0.337 e. The zero-order chi connectivity index (χ0) is 22.0. The highest BCUT2D eigenvalue weighted by molar-refractivity contribution is 5.79. The summed E-state index contributed by atoms with van der Waals surface area (Å²) in [4.78, 5) is 43.2. The van der Waals surface area contributed by atoms with E-state index in [0.717, 1.165) is 0 Å². The quantitative estimate of drug-likeness (QED) is 0.550. The first kappa shape index (κ1) is 21.4. The van der Waals surface area contributed by atoms with Gasteiger partial charge >= 0.3 is 11.7 Å². The number of ether oxygens (including phenoxy) is 2. The molecule has 1 aromatic carbocycles. The van der Waals surface area contributed by atoms with Crippen molar-refractivity contribution in [3.63, 3.8) is 0 Å². The lowest BCUT2D eigenvalue weighted by molar-refractivity contribution is -0.146. The zero-order valence-electron chi connectivity index (χ0n) is 17.8. The molecule has 30 heavy (non-hydrogen) atoms. The molecule has 0 fully saturated rings. The van der Waals surface area contributed by atoms with Crippen molar-refractivity contribution in [2.45, 2.75) is 40.3 Å². The van der Waals surface area contributed by atoms with Crippen LogP contribution in [0.2, 0.25) is 0 Å². The van der Waals surface area contributed by atoms with E-state index in [0.29, 0.717) is 11.4 Å². The predicted molar refractivity (Wildman–Crippen MR) is 112 cm³/mol. The first-order valence-corrected chi connectivity index (χ1v) is 9.83. The van der Waals surface area contributed by atoms with Gasteiger partial charge in [-0.1, -0.05) is 19.9 Å². The third kappa shape index (κ3) is 3.74. The Hall–Kier alpha value is -3.36. The minimum Gasteiger partial charge on any atom is -0.497 e. The molecule has 3 aromatic rings. The van der Waals surface area contributed by atoms with E-state index in [1.807, 2.05) is 13.8 Å². The lowest BCUT2D eigenvalue weighted by Crippen LogP contribution is -2.41. The van der Waals surface area contributed by atoms with Crippen molar-refractivity contribution in [1.29, 1.82) is 0 Å². The fourth-order valence-electron chi connectivity index (χ4n) is 3.33. The third-order valence-electron chi connectivity index (χ3n) is 4.76. The summed E-state index contributed by atoms with van der Waals surface area (Å²) in [7, 11) is 1.53. The third-order valence-corrected chi connectivity index (χ3v) is 4.76. The molecule has 0 aliphatic carbocycles. The number of hydrogen-bond donors (Lipinski definition) is 0. The minimum atomic E-state index is -0.772. The van der Waals surface area contributed by atoms with Crippen LogP contribution in [0.3, 0.4) is 0 Å². The monoisotopic (exact) mass is 414 g/mol. The lowest BCUT2D eigenvalue weighted by Gasteiger charge is -2.16. The molecule has 0 bridgehead atoms. The number of aromatic nitrogens is 4. The maximum atomic E-state index is 13.3. The number of rotatable bonds is 7. The van der Waals surface area contributed by atoms with Gasteiger partial charge in [0.2, 0.25) is 0 Å². The molecular formula is C21H26N4O5. The zero-order valence-corrected chi connectivity index (χ0v) is 17.8. The molecule has 0 saturated heterocycles. The number of nitrogens with zero attached hydrogens (tertiary/aromatic N) is 4. The smallest absolute Gasteiger partial charge is 0.337 e. The number of carbonyl (C=O) groups excluding carboxylic acids is 1. The minimum absolute atomic E-state index is 0.0606. The molecule has 1 atom stereocenters. The van der Waals surface area contributed by atoms with Crippen LogP contribution in [0.25, 0.3) is 16.9 Å². The summed E-state index contributed by atoms with van der Waals surface area (Å²) < 4.78 is 14.4. The van der Waals surface area contributed by atoms with Gasteiger partial charge in [0, 0.05) is 12.6 Å². The van der Waals surface area contributed by atoms with Gasteiger partial charge in [0.25, 0.3) is 5.56 Å². The highest BCUT2D eigenvalue weighted by Crippen LogP contribution is 2.20. The average molecular weight is 414 g/mol. The molecule has 0 aliphatic rings. The molecule has 2 heterocycles. The van der Waals surface area contributed by atoms with Crippen LogP contribution in [-0.2, 0) is 16.1 Å². The molecule has 3 rings (SSSR count). The van der Waals surface area contributed by atoms with Gasteiger partial charge in [-0.25, -0.2) is 19.1 Å².